The Hall–Kier alpha value is -1.76. The highest BCUT2D eigenvalue weighted by molar-refractivity contribution is 5.93. The van der Waals surface area contributed by atoms with E-state index < -0.39 is 5.41 Å². The summed E-state index contributed by atoms with van der Waals surface area (Å²) < 4.78 is 4.77. The first kappa shape index (κ1) is 10.3. The predicted molar refractivity (Wildman–Crippen MR) is 50.4 cm³/mol. The third kappa shape index (κ3) is 2.63. The number of nitriles is 1. The van der Waals surface area contributed by atoms with Gasteiger partial charge < -0.3 is 9.73 Å². The topological polar surface area (TPSA) is 66.0 Å². The van der Waals surface area contributed by atoms with Crippen molar-refractivity contribution in [3.05, 3.63) is 24.2 Å². The molecule has 0 aliphatic carbocycles. The van der Waals surface area contributed by atoms with Gasteiger partial charge in [-0.1, -0.05) is 0 Å². The minimum atomic E-state index is -0.542. The quantitative estimate of drug-likeness (QED) is 0.790. The number of nitrogens with zero attached hydrogens (tertiary/aromatic N) is 1. The molecule has 0 atom stereocenters. The lowest BCUT2D eigenvalue weighted by molar-refractivity contribution is 0.0943. The van der Waals surface area contributed by atoms with Crippen molar-refractivity contribution in [2.75, 3.05) is 6.54 Å². The largest absolute Gasteiger partial charge is 0.472 e. The van der Waals surface area contributed by atoms with Gasteiger partial charge in [0.25, 0.3) is 5.91 Å². The minimum absolute atomic E-state index is 0.220. The van der Waals surface area contributed by atoms with E-state index in [1.54, 1.807) is 19.9 Å². The maximum Gasteiger partial charge on any atom is 0.254 e. The predicted octanol–water partition coefficient (Wildman–Crippen LogP) is 1.56. The molecule has 0 saturated carbocycles. The van der Waals surface area contributed by atoms with Crippen molar-refractivity contribution in [2.45, 2.75) is 13.8 Å². The zero-order chi connectivity index (χ0) is 10.6. The van der Waals surface area contributed by atoms with Gasteiger partial charge in [0.05, 0.1) is 23.3 Å². The van der Waals surface area contributed by atoms with Crippen LogP contribution in [0.25, 0.3) is 0 Å². The van der Waals surface area contributed by atoms with Crippen LogP contribution in [0.15, 0.2) is 23.0 Å². The Labute approximate surface area is 82.5 Å². The van der Waals surface area contributed by atoms with E-state index in [0.29, 0.717) is 12.1 Å². The van der Waals surface area contributed by atoms with Gasteiger partial charge in [0.15, 0.2) is 0 Å². The molecule has 1 amide bonds. The normalized spacial score (nSPS) is 10.6. The molecule has 0 unspecified atom stereocenters. The molecule has 1 heterocycles. The lowest BCUT2D eigenvalue weighted by Gasteiger charge is -2.14. The van der Waals surface area contributed by atoms with Crippen LogP contribution in [0.3, 0.4) is 0 Å². The number of nitrogens with one attached hydrogen (secondary N) is 1. The first-order valence-electron chi connectivity index (χ1n) is 4.27. The van der Waals surface area contributed by atoms with Gasteiger partial charge in [0, 0.05) is 6.54 Å². The number of hydrogen-bond donors (Lipinski definition) is 1. The second-order valence-electron chi connectivity index (χ2n) is 3.69. The molecule has 0 aliphatic rings. The van der Waals surface area contributed by atoms with E-state index in [1.807, 2.05) is 0 Å². The molecule has 4 nitrogen and oxygen atoms in total. The van der Waals surface area contributed by atoms with Crippen molar-refractivity contribution in [3.63, 3.8) is 0 Å². The van der Waals surface area contributed by atoms with Crippen LogP contribution in [-0.2, 0) is 0 Å². The fraction of sp³-hybridized carbons (Fsp3) is 0.400. The van der Waals surface area contributed by atoms with Crippen molar-refractivity contribution < 1.29 is 9.21 Å². The van der Waals surface area contributed by atoms with E-state index in [9.17, 15) is 4.79 Å². The molecule has 0 aromatic carbocycles. The number of carbonyl (C=O) groups is 1. The summed E-state index contributed by atoms with van der Waals surface area (Å²) in [6, 6.07) is 3.68. The molecule has 0 radical (unpaired) electrons. The minimum Gasteiger partial charge on any atom is -0.472 e. The molecule has 4 heteroatoms. The fourth-order valence-corrected chi connectivity index (χ4v) is 0.837. The lowest BCUT2D eigenvalue weighted by Crippen LogP contribution is -2.32. The molecule has 14 heavy (non-hydrogen) atoms. The zero-order valence-corrected chi connectivity index (χ0v) is 8.20. The highest BCUT2D eigenvalue weighted by Crippen LogP contribution is 2.11. The molecule has 0 bridgehead atoms. The molecule has 1 rings (SSSR count). The van der Waals surface area contributed by atoms with Crippen LogP contribution in [0.2, 0.25) is 0 Å². The number of rotatable bonds is 3. The van der Waals surface area contributed by atoms with Crippen LogP contribution in [-0.4, -0.2) is 12.5 Å². The molecule has 0 fully saturated rings. The van der Waals surface area contributed by atoms with Gasteiger partial charge >= 0.3 is 0 Å². The Morgan fingerprint density at radius 1 is 1.71 bits per heavy atom. The highest BCUT2D eigenvalue weighted by atomic mass is 16.3. The van der Waals surface area contributed by atoms with E-state index in [0.717, 1.165) is 0 Å². The zero-order valence-electron chi connectivity index (χ0n) is 8.20. The molecule has 0 spiro atoms. The van der Waals surface area contributed by atoms with Crippen molar-refractivity contribution in [2.24, 2.45) is 5.41 Å². The van der Waals surface area contributed by atoms with E-state index in [1.165, 1.54) is 12.5 Å². The first-order chi connectivity index (χ1) is 6.55. The van der Waals surface area contributed by atoms with Crippen LogP contribution < -0.4 is 5.32 Å². The standard InChI is InChI=1S/C10H12N2O2/c1-10(2,6-11)7-12-9(13)8-3-4-14-5-8/h3-5H,7H2,1-2H3,(H,12,13). The summed E-state index contributed by atoms with van der Waals surface area (Å²) >= 11 is 0. The van der Waals surface area contributed by atoms with Crippen LogP contribution in [0.4, 0.5) is 0 Å². The molecule has 1 aromatic heterocycles. The maximum absolute atomic E-state index is 11.4. The van der Waals surface area contributed by atoms with Gasteiger partial charge in [-0.15, -0.1) is 0 Å². The van der Waals surface area contributed by atoms with E-state index >= 15 is 0 Å². The van der Waals surface area contributed by atoms with E-state index in [2.05, 4.69) is 11.4 Å². The Morgan fingerprint density at radius 2 is 2.43 bits per heavy atom. The molecular formula is C10H12N2O2. The summed E-state index contributed by atoms with van der Waals surface area (Å²) in [6.07, 6.45) is 2.80. The van der Waals surface area contributed by atoms with Crippen LogP contribution in [0, 0.1) is 16.7 Å². The Bertz CT molecular complexity index is 347. The van der Waals surface area contributed by atoms with Crippen molar-refractivity contribution in [3.8, 4) is 6.07 Å². The van der Waals surface area contributed by atoms with Crippen LogP contribution >= 0.6 is 0 Å². The summed E-state index contributed by atoms with van der Waals surface area (Å²) in [4.78, 5) is 11.4. The lowest BCUT2D eigenvalue weighted by atomic mass is 9.96. The van der Waals surface area contributed by atoms with Crippen molar-refractivity contribution in [1.29, 1.82) is 5.26 Å². The average Bonchev–Trinajstić information content (AvgIpc) is 2.67. The molecule has 1 N–H and O–H groups in total. The van der Waals surface area contributed by atoms with Crippen molar-refractivity contribution >= 4 is 5.91 Å². The Morgan fingerprint density at radius 3 is 2.93 bits per heavy atom. The second-order valence-corrected chi connectivity index (χ2v) is 3.69. The molecule has 0 saturated heterocycles. The summed E-state index contributed by atoms with van der Waals surface area (Å²) in [5.74, 6) is -0.220. The van der Waals surface area contributed by atoms with Gasteiger partial charge in [-0.25, -0.2) is 0 Å². The average molecular weight is 192 g/mol. The van der Waals surface area contributed by atoms with Crippen molar-refractivity contribution in [1.82, 2.24) is 5.32 Å². The Balaban J connectivity index is 2.49. The van der Waals surface area contributed by atoms with E-state index in [-0.39, 0.29) is 5.91 Å². The SMILES string of the molecule is CC(C)(C#N)CNC(=O)c1ccoc1. The van der Waals surface area contributed by atoms with Gasteiger partial charge in [-0.2, -0.15) is 5.26 Å². The third-order valence-corrected chi connectivity index (χ3v) is 1.78. The molecule has 0 aliphatic heterocycles. The maximum atomic E-state index is 11.4. The number of hydrogen-bond acceptors (Lipinski definition) is 3. The van der Waals surface area contributed by atoms with Gasteiger partial charge in [0.1, 0.15) is 6.26 Å². The van der Waals surface area contributed by atoms with E-state index in [4.69, 9.17) is 9.68 Å². The number of carbonyl (C=O) groups excluding carboxylic acids is 1. The fourth-order valence-electron chi connectivity index (χ4n) is 0.837. The third-order valence-electron chi connectivity index (χ3n) is 1.78. The summed E-state index contributed by atoms with van der Waals surface area (Å²) in [5.41, 5.74) is -0.0712. The molecule has 74 valence electrons. The molecular weight excluding hydrogens is 180 g/mol. The Kier molecular flexibility index (Phi) is 2.92. The number of amides is 1. The van der Waals surface area contributed by atoms with Crippen LogP contribution in [0.1, 0.15) is 24.2 Å². The summed E-state index contributed by atoms with van der Waals surface area (Å²) in [7, 11) is 0. The molecule has 1 aromatic rings. The van der Waals surface area contributed by atoms with Gasteiger partial charge in [-0.3, -0.25) is 4.79 Å². The second kappa shape index (κ2) is 3.97. The van der Waals surface area contributed by atoms with Gasteiger partial charge in [0.2, 0.25) is 0 Å². The van der Waals surface area contributed by atoms with Gasteiger partial charge in [-0.05, 0) is 19.9 Å². The highest BCUT2D eigenvalue weighted by Gasteiger charge is 2.18. The monoisotopic (exact) mass is 192 g/mol. The van der Waals surface area contributed by atoms with Crippen LogP contribution in [0.5, 0.6) is 0 Å². The smallest absolute Gasteiger partial charge is 0.254 e. The number of furan rings is 1. The summed E-state index contributed by atoms with van der Waals surface area (Å²) in [5, 5.41) is 11.4. The summed E-state index contributed by atoms with van der Waals surface area (Å²) in [6.45, 7) is 3.86. The first-order valence-corrected chi connectivity index (χ1v) is 4.27.